The standard InChI is InChI=1S/C21H18F2O3/c22-15-7-8-16(17(23)10-15)11-1-3-12(4-2-11)20(24)18-13-5-6-14(9-13)19(18)21(25)26/h1-4,7-8,10,13-14,18-19H,5-6,9H2,(H,25,26)/t13-,14-,18+,19-/m0/s1. The number of benzene rings is 2. The van der Waals surface area contributed by atoms with E-state index in [9.17, 15) is 23.5 Å². The second-order valence-corrected chi connectivity index (χ2v) is 7.29. The summed E-state index contributed by atoms with van der Waals surface area (Å²) in [5, 5.41) is 9.52. The summed E-state index contributed by atoms with van der Waals surface area (Å²) >= 11 is 0. The third-order valence-electron chi connectivity index (χ3n) is 5.92. The van der Waals surface area contributed by atoms with E-state index >= 15 is 0 Å². The molecule has 134 valence electrons. The van der Waals surface area contributed by atoms with Gasteiger partial charge in [-0.05, 0) is 48.8 Å². The van der Waals surface area contributed by atoms with Gasteiger partial charge in [0, 0.05) is 23.1 Å². The van der Waals surface area contributed by atoms with E-state index in [1.807, 2.05) is 0 Å². The van der Waals surface area contributed by atoms with Crippen LogP contribution in [0.5, 0.6) is 0 Å². The van der Waals surface area contributed by atoms with Gasteiger partial charge in [0.25, 0.3) is 0 Å². The van der Waals surface area contributed by atoms with Crippen LogP contribution >= 0.6 is 0 Å². The molecule has 2 fully saturated rings. The van der Waals surface area contributed by atoms with Gasteiger partial charge in [-0.2, -0.15) is 0 Å². The van der Waals surface area contributed by atoms with E-state index in [4.69, 9.17) is 0 Å². The Morgan fingerprint density at radius 2 is 1.58 bits per heavy atom. The second kappa shape index (κ2) is 6.31. The number of hydrogen-bond acceptors (Lipinski definition) is 2. The average molecular weight is 356 g/mol. The minimum absolute atomic E-state index is 0.0963. The normalized spacial score (nSPS) is 26.8. The van der Waals surface area contributed by atoms with E-state index in [1.54, 1.807) is 24.3 Å². The first-order valence-electron chi connectivity index (χ1n) is 8.78. The lowest BCUT2D eigenvalue weighted by Gasteiger charge is -2.27. The van der Waals surface area contributed by atoms with Gasteiger partial charge >= 0.3 is 5.97 Å². The van der Waals surface area contributed by atoms with E-state index in [1.165, 1.54) is 12.1 Å². The summed E-state index contributed by atoms with van der Waals surface area (Å²) in [6.07, 6.45) is 2.60. The quantitative estimate of drug-likeness (QED) is 0.817. The van der Waals surface area contributed by atoms with Crippen LogP contribution in [0, 0.1) is 35.3 Å². The lowest BCUT2D eigenvalue weighted by Crippen LogP contribution is -2.34. The number of hydrogen-bond donors (Lipinski definition) is 1. The Morgan fingerprint density at radius 1 is 0.923 bits per heavy atom. The van der Waals surface area contributed by atoms with Gasteiger partial charge in [0.2, 0.25) is 0 Å². The van der Waals surface area contributed by atoms with Crippen LogP contribution in [0.1, 0.15) is 29.6 Å². The van der Waals surface area contributed by atoms with Gasteiger partial charge in [-0.1, -0.05) is 24.3 Å². The first-order chi connectivity index (χ1) is 12.5. The molecular weight excluding hydrogens is 338 g/mol. The van der Waals surface area contributed by atoms with Crippen molar-refractivity contribution in [2.75, 3.05) is 0 Å². The molecule has 2 saturated carbocycles. The molecule has 1 N–H and O–H groups in total. The zero-order valence-corrected chi connectivity index (χ0v) is 14.0. The fourth-order valence-corrected chi connectivity index (χ4v) is 4.75. The molecule has 2 aliphatic carbocycles. The number of ketones is 1. The lowest BCUT2D eigenvalue weighted by molar-refractivity contribution is -0.144. The van der Waals surface area contributed by atoms with Crippen molar-refractivity contribution < 1.29 is 23.5 Å². The molecule has 0 spiro atoms. The molecule has 2 aromatic rings. The molecule has 2 aliphatic rings. The Hall–Kier alpha value is -2.56. The summed E-state index contributed by atoms with van der Waals surface area (Å²) in [5.41, 5.74) is 1.25. The predicted molar refractivity (Wildman–Crippen MR) is 91.6 cm³/mol. The van der Waals surface area contributed by atoms with Crippen LogP contribution in [0.4, 0.5) is 8.78 Å². The summed E-state index contributed by atoms with van der Waals surface area (Å²) in [6, 6.07) is 9.80. The number of carbonyl (C=O) groups is 2. The van der Waals surface area contributed by atoms with Gasteiger partial charge in [0.15, 0.2) is 5.78 Å². The van der Waals surface area contributed by atoms with Crippen LogP contribution in [0.2, 0.25) is 0 Å². The molecule has 0 aromatic heterocycles. The maximum atomic E-state index is 13.9. The molecule has 0 radical (unpaired) electrons. The van der Waals surface area contributed by atoms with Crippen molar-refractivity contribution in [2.45, 2.75) is 19.3 Å². The third-order valence-corrected chi connectivity index (χ3v) is 5.92. The Bertz CT molecular complexity index is 875. The van der Waals surface area contributed by atoms with E-state index in [-0.39, 0.29) is 23.2 Å². The van der Waals surface area contributed by atoms with E-state index < -0.39 is 29.4 Å². The minimum atomic E-state index is -0.888. The summed E-state index contributed by atoms with van der Waals surface area (Å²) in [7, 11) is 0. The Kier molecular flexibility index (Phi) is 4.10. The molecule has 5 heteroatoms. The fourth-order valence-electron chi connectivity index (χ4n) is 4.75. The third kappa shape index (κ3) is 2.71. The number of rotatable bonds is 4. The SMILES string of the molecule is O=C(c1ccc(-c2ccc(F)cc2F)cc1)[C@@H]1[C@H]2CC[C@@H](C2)[C@@H]1C(=O)O. The second-order valence-electron chi connectivity index (χ2n) is 7.29. The number of aliphatic carboxylic acids is 1. The van der Waals surface area contributed by atoms with Crippen molar-refractivity contribution in [3.8, 4) is 11.1 Å². The predicted octanol–water partition coefficient (Wildman–Crippen LogP) is 4.56. The zero-order valence-electron chi connectivity index (χ0n) is 14.0. The van der Waals surface area contributed by atoms with Gasteiger partial charge in [-0.25, -0.2) is 8.78 Å². The van der Waals surface area contributed by atoms with Crippen molar-refractivity contribution in [3.63, 3.8) is 0 Å². The molecule has 0 saturated heterocycles. The molecule has 2 aromatic carbocycles. The average Bonchev–Trinajstić information content (AvgIpc) is 3.22. The molecule has 2 bridgehead atoms. The summed E-state index contributed by atoms with van der Waals surface area (Å²) in [5.74, 6) is -3.18. The smallest absolute Gasteiger partial charge is 0.307 e. The van der Waals surface area contributed by atoms with Crippen LogP contribution in [0.25, 0.3) is 11.1 Å². The number of carboxylic acid groups (broad SMARTS) is 1. The highest BCUT2D eigenvalue weighted by atomic mass is 19.1. The highest BCUT2D eigenvalue weighted by Crippen LogP contribution is 2.53. The Labute approximate surface area is 149 Å². The molecule has 4 atom stereocenters. The molecule has 4 rings (SSSR count). The molecule has 0 amide bonds. The van der Waals surface area contributed by atoms with Crippen molar-refractivity contribution >= 4 is 11.8 Å². The van der Waals surface area contributed by atoms with Gasteiger partial charge in [0.05, 0.1) is 5.92 Å². The van der Waals surface area contributed by atoms with Gasteiger partial charge in [-0.3, -0.25) is 9.59 Å². The number of fused-ring (bicyclic) bond motifs is 2. The highest BCUT2D eigenvalue weighted by molar-refractivity contribution is 6.01. The van der Waals surface area contributed by atoms with Gasteiger partial charge in [-0.15, -0.1) is 0 Å². The molecule has 0 unspecified atom stereocenters. The Balaban J connectivity index is 1.61. The topological polar surface area (TPSA) is 54.4 Å². The first-order valence-corrected chi connectivity index (χ1v) is 8.78. The van der Waals surface area contributed by atoms with Crippen LogP contribution in [-0.4, -0.2) is 16.9 Å². The summed E-state index contributed by atoms with van der Waals surface area (Å²) in [6.45, 7) is 0. The van der Waals surface area contributed by atoms with Crippen LogP contribution in [-0.2, 0) is 4.79 Å². The van der Waals surface area contributed by atoms with Crippen molar-refractivity contribution in [2.24, 2.45) is 23.7 Å². The van der Waals surface area contributed by atoms with Gasteiger partial charge < -0.3 is 5.11 Å². The molecule has 0 aliphatic heterocycles. The minimum Gasteiger partial charge on any atom is -0.481 e. The van der Waals surface area contributed by atoms with Crippen molar-refractivity contribution in [1.82, 2.24) is 0 Å². The van der Waals surface area contributed by atoms with Crippen LogP contribution < -0.4 is 0 Å². The lowest BCUT2D eigenvalue weighted by atomic mass is 9.75. The van der Waals surface area contributed by atoms with Crippen LogP contribution in [0.15, 0.2) is 42.5 Å². The van der Waals surface area contributed by atoms with Gasteiger partial charge in [0.1, 0.15) is 11.6 Å². The Morgan fingerprint density at radius 3 is 2.19 bits per heavy atom. The number of halogens is 2. The summed E-state index contributed by atoms with van der Waals surface area (Å²) in [4.78, 5) is 24.5. The molecule has 3 nitrogen and oxygen atoms in total. The monoisotopic (exact) mass is 356 g/mol. The number of Topliss-reactive ketones (excluding diaryl/α,β-unsaturated/α-hetero) is 1. The zero-order chi connectivity index (χ0) is 18.4. The van der Waals surface area contributed by atoms with Crippen molar-refractivity contribution in [3.05, 3.63) is 59.7 Å². The maximum Gasteiger partial charge on any atom is 0.307 e. The highest BCUT2D eigenvalue weighted by Gasteiger charge is 2.53. The number of carboxylic acids is 1. The largest absolute Gasteiger partial charge is 0.481 e. The fraction of sp³-hybridized carbons (Fsp3) is 0.333. The van der Waals surface area contributed by atoms with E-state index in [0.717, 1.165) is 25.3 Å². The number of carbonyl (C=O) groups excluding carboxylic acids is 1. The molecule has 26 heavy (non-hydrogen) atoms. The maximum absolute atomic E-state index is 13.9. The van der Waals surface area contributed by atoms with E-state index in [2.05, 4.69) is 0 Å². The summed E-state index contributed by atoms with van der Waals surface area (Å²) < 4.78 is 27.0. The van der Waals surface area contributed by atoms with E-state index in [0.29, 0.717) is 11.1 Å². The van der Waals surface area contributed by atoms with Crippen molar-refractivity contribution in [1.29, 1.82) is 0 Å². The van der Waals surface area contributed by atoms with Crippen LogP contribution in [0.3, 0.4) is 0 Å². The molecule has 0 heterocycles. The first kappa shape index (κ1) is 16.9. The molecular formula is C21H18F2O3.